The molecule has 25 heavy (non-hydrogen) atoms. The Hall–Kier alpha value is -2.21. The molecule has 1 aliphatic rings. The molecule has 1 saturated heterocycles. The minimum atomic E-state index is -0.368. The summed E-state index contributed by atoms with van der Waals surface area (Å²) in [6, 6.07) is 7.84. The lowest BCUT2D eigenvalue weighted by molar-refractivity contribution is -0.140. The van der Waals surface area contributed by atoms with Crippen molar-refractivity contribution in [2.75, 3.05) is 13.1 Å². The summed E-state index contributed by atoms with van der Waals surface area (Å²) < 4.78 is 5.51. The van der Waals surface area contributed by atoms with Crippen LogP contribution in [-0.2, 0) is 11.3 Å². The maximum atomic E-state index is 12.5. The summed E-state index contributed by atoms with van der Waals surface area (Å²) in [7, 11) is 0. The third-order valence-corrected chi connectivity index (χ3v) is 4.59. The second-order valence-corrected chi connectivity index (χ2v) is 7.70. The number of hydrogen-bond acceptors (Lipinski definition) is 5. The predicted octanol–water partition coefficient (Wildman–Crippen LogP) is 2.95. The number of piperidine rings is 1. The average Bonchev–Trinajstić information content (AvgIpc) is 3.10. The van der Waals surface area contributed by atoms with E-state index in [4.69, 9.17) is 10.3 Å². The molecule has 0 spiro atoms. The maximum Gasteiger partial charge on any atom is 0.231 e. The minimum absolute atomic E-state index is 0.101. The molecule has 2 heterocycles. The molecule has 1 aliphatic heterocycles. The number of nitrogens with two attached hydrogens (primary N) is 1. The van der Waals surface area contributed by atoms with Crippen molar-refractivity contribution >= 4 is 5.91 Å². The van der Waals surface area contributed by atoms with E-state index in [0.717, 1.165) is 30.5 Å². The monoisotopic (exact) mass is 342 g/mol. The van der Waals surface area contributed by atoms with E-state index in [1.807, 2.05) is 49.9 Å². The van der Waals surface area contributed by atoms with Crippen molar-refractivity contribution in [3.8, 4) is 11.4 Å². The van der Waals surface area contributed by atoms with Crippen LogP contribution in [-0.4, -0.2) is 34.0 Å². The van der Waals surface area contributed by atoms with Gasteiger partial charge in [-0.15, -0.1) is 0 Å². The normalized spacial score (nSPS) is 18.4. The highest BCUT2D eigenvalue weighted by atomic mass is 16.5. The number of likely N-dealkylation sites (tertiary alicyclic amines) is 1. The van der Waals surface area contributed by atoms with Gasteiger partial charge in [-0.2, -0.15) is 4.98 Å². The zero-order valence-electron chi connectivity index (χ0n) is 15.2. The van der Waals surface area contributed by atoms with Crippen molar-refractivity contribution in [3.63, 3.8) is 0 Å². The molecule has 6 nitrogen and oxygen atoms in total. The lowest BCUT2D eigenvalue weighted by atomic mass is 9.91. The molecule has 1 fully saturated rings. The first kappa shape index (κ1) is 17.6. The smallest absolute Gasteiger partial charge is 0.231 e. The van der Waals surface area contributed by atoms with Gasteiger partial charge >= 0.3 is 0 Å². The number of carbonyl (C=O) groups excluding carboxylic acids is 1. The second-order valence-electron chi connectivity index (χ2n) is 7.70. The van der Waals surface area contributed by atoms with Crippen LogP contribution in [0, 0.1) is 5.41 Å². The number of amides is 1. The van der Waals surface area contributed by atoms with Gasteiger partial charge in [0, 0.05) is 30.6 Å². The average molecular weight is 342 g/mol. The highest BCUT2D eigenvalue weighted by molar-refractivity contribution is 5.81. The van der Waals surface area contributed by atoms with Gasteiger partial charge in [0.25, 0.3) is 0 Å². The van der Waals surface area contributed by atoms with E-state index in [9.17, 15) is 4.79 Å². The lowest BCUT2D eigenvalue weighted by Gasteiger charge is -2.35. The molecule has 3 rings (SSSR count). The van der Waals surface area contributed by atoms with Gasteiger partial charge in [-0.1, -0.05) is 50.2 Å². The molecule has 0 aliphatic carbocycles. The quantitative estimate of drug-likeness (QED) is 0.927. The van der Waals surface area contributed by atoms with Crippen LogP contribution >= 0.6 is 0 Å². The van der Waals surface area contributed by atoms with Crippen LogP contribution in [0.4, 0.5) is 0 Å². The maximum absolute atomic E-state index is 12.5. The van der Waals surface area contributed by atoms with Gasteiger partial charge in [-0.05, 0) is 18.4 Å². The van der Waals surface area contributed by atoms with Gasteiger partial charge < -0.3 is 15.2 Å². The van der Waals surface area contributed by atoms with E-state index >= 15 is 0 Å². The second kappa shape index (κ2) is 6.96. The number of hydrogen-bond donors (Lipinski definition) is 1. The van der Waals surface area contributed by atoms with E-state index in [1.165, 1.54) is 0 Å². The third-order valence-electron chi connectivity index (χ3n) is 4.59. The number of rotatable bonds is 3. The highest BCUT2D eigenvalue weighted by Gasteiger charge is 2.33. The van der Waals surface area contributed by atoms with Crippen molar-refractivity contribution in [2.45, 2.75) is 46.1 Å². The molecule has 1 atom stereocenters. The van der Waals surface area contributed by atoms with E-state index in [-0.39, 0.29) is 17.2 Å². The summed E-state index contributed by atoms with van der Waals surface area (Å²) >= 11 is 0. The first-order valence-corrected chi connectivity index (χ1v) is 8.81. The molecule has 1 amide bonds. The molecule has 0 radical (unpaired) electrons. The summed E-state index contributed by atoms with van der Waals surface area (Å²) in [6.07, 6.45) is 1.91. The number of carbonyl (C=O) groups is 1. The fourth-order valence-electron chi connectivity index (χ4n) is 3.15. The van der Waals surface area contributed by atoms with Crippen LogP contribution < -0.4 is 5.73 Å². The van der Waals surface area contributed by atoms with Crippen molar-refractivity contribution in [1.29, 1.82) is 0 Å². The van der Waals surface area contributed by atoms with Crippen molar-refractivity contribution in [3.05, 3.63) is 35.7 Å². The number of aromatic nitrogens is 2. The largest absolute Gasteiger partial charge is 0.341 e. The fourth-order valence-corrected chi connectivity index (χ4v) is 3.15. The highest BCUT2D eigenvalue weighted by Crippen LogP contribution is 2.30. The van der Waals surface area contributed by atoms with Gasteiger partial charge in [0.1, 0.15) is 0 Å². The zero-order chi connectivity index (χ0) is 18.0. The zero-order valence-corrected chi connectivity index (χ0v) is 15.2. The summed E-state index contributed by atoms with van der Waals surface area (Å²) in [5.41, 5.74) is 7.23. The van der Waals surface area contributed by atoms with E-state index in [2.05, 4.69) is 10.1 Å². The summed E-state index contributed by atoms with van der Waals surface area (Å²) in [6.45, 7) is 7.81. The van der Waals surface area contributed by atoms with Gasteiger partial charge in [-0.25, -0.2) is 0 Å². The molecule has 6 heteroatoms. The van der Waals surface area contributed by atoms with Crippen molar-refractivity contribution in [1.82, 2.24) is 15.0 Å². The van der Waals surface area contributed by atoms with Crippen LogP contribution in [0.15, 0.2) is 28.8 Å². The Kier molecular flexibility index (Phi) is 4.90. The predicted molar refractivity (Wildman–Crippen MR) is 95.6 cm³/mol. The number of benzene rings is 1. The van der Waals surface area contributed by atoms with Gasteiger partial charge in [-0.3, -0.25) is 4.79 Å². The summed E-state index contributed by atoms with van der Waals surface area (Å²) in [5, 5.41) is 4.11. The Morgan fingerprint density at radius 2 is 2.04 bits per heavy atom. The molecular formula is C19H26N4O2. The van der Waals surface area contributed by atoms with Gasteiger partial charge in [0.05, 0.1) is 5.92 Å². The molecule has 1 aromatic heterocycles. The van der Waals surface area contributed by atoms with Crippen LogP contribution in [0.5, 0.6) is 0 Å². The fraction of sp³-hybridized carbons (Fsp3) is 0.526. The van der Waals surface area contributed by atoms with Crippen LogP contribution in [0.25, 0.3) is 11.4 Å². The summed E-state index contributed by atoms with van der Waals surface area (Å²) in [5.74, 6) is 1.47. The van der Waals surface area contributed by atoms with Crippen molar-refractivity contribution in [2.24, 2.45) is 11.1 Å². The standard InChI is InChI=1S/C19H26N4O2/c1-19(2,3)18(24)23-10-4-5-15(12-23)17-21-16(22-25-17)14-8-6-13(11-20)7-9-14/h6-9,15H,4-5,10-12,20H2,1-3H3. The molecular weight excluding hydrogens is 316 g/mol. The molecule has 1 unspecified atom stereocenters. The van der Waals surface area contributed by atoms with Crippen molar-refractivity contribution < 1.29 is 9.32 Å². The Labute approximate surface area is 148 Å². The van der Waals surface area contributed by atoms with Crippen LogP contribution in [0.3, 0.4) is 0 Å². The Morgan fingerprint density at radius 3 is 2.68 bits per heavy atom. The summed E-state index contributed by atoms with van der Waals surface area (Å²) in [4.78, 5) is 19.0. The Morgan fingerprint density at radius 1 is 1.32 bits per heavy atom. The van der Waals surface area contributed by atoms with E-state index in [0.29, 0.717) is 24.8 Å². The first-order valence-electron chi connectivity index (χ1n) is 8.81. The van der Waals surface area contributed by atoms with Crippen LogP contribution in [0.2, 0.25) is 0 Å². The topological polar surface area (TPSA) is 85.2 Å². The van der Waals surface area contributed by atoms with Gasteiger partial charge in [0.2, 0.25) is 17.6 Å². The SMILES string of the molecule is CC(C)(C)C(=O)N1CCCC(c2nc(-c3ccc(CN)cc3)no2)C1. The molecule has 1 aromatic carbocycles. The molecule has 134 valence electrons. The molecule has 0 bridgehead atoms. The van der Waals surface area contributed by atoms with Gasteiger partial charge in [0.15, 0.2) is 0 Å². The first-order chi connectivity index (χ1) is 11.9. The molecule has 2 aromatic rings. The van der Waals surface area contributed by atoms with E-state index < -0.39 is 0 Å². The van der Waals surface area contributed by atoms with E-state index in [1.54, 1.807) is 0 Å². The Bertz CT molecular complexity index is 731. The minimum Gasteiger partial charge on any atom is -0.341 e. The molecule has 0 saturated carbocycles. The molecule has 2 N–H and O–H groups in total. The number of nitrogens with zero attached hydrogens (tertiary/aromatic N) is 3. The Balaban J connectivity index is 1.74. The third kappa shape index (κ3) is 3.90. The lowest BCUT2D eigenvalue weighted by Crippen LogP contribution is -2.44. The van der Waals surface area contributed by atoms with Crippen LogP contribution in [0.1, 0.15) is 51.0 Å².